The van der Waals surface area contributed by atoms with Crippen LogP contribution in [0.3, 0.4) is 0 Å². The smallest absolute Gasteiger partial charge is 0.201 e. The van der Waals surface area contributed by atoms with Gasteiger partial charge in [0, 0.05) is 53.7 Å². The number of aliphatic imine (C=N–C) groups is 1. The van der Waals surface area contributed by atoms with Gasteiger partial charge in [0.15, 0.2) is 23.1 Å². The molecule has 0 fully saturated rings. The van der Waals surface area contributed by atoms with Gasteiger partial charge in [0.2, 0.25) is 5.82 Å². The third kappa shape index (κ3) is 8.65. The Hall–Kier alpha value is -5.49. The number of rotatable bonds is 16. The molecule has 0 spiro atoms. The van der Waals surface area contributed by atoms with E-state index in [-0.39, 0.29) is 54.0 Å². The van der Waals surface area contributed by atoms with Gasteiger partial charge in [-0.05, 0) is 84.4 Å². The van der Waals surface area contributed by atoms with Crippen molar-refractivity contribution in [3.63, 3.8) is 0 Å². The summed E-state index contributed by atoms with van der Waals surface area (Å²) in [5.41, 5.74) is 5.47. The average molecular weight is 649 g/mol. The fourth-order valence-corrected chi connectivity index (χ4v) is 5.42. The van der Waals surface area contributed by atoms with E-state index in [0.29, 0.717) is 53.9 Å². The fraction of sp³-hybridized carbons (Fsp3) is 0.256. The molecule has 2 aliphatic rings. The van der Waals surface area contributed by atoms with Gasteiger partial charge in [-0.15, -0.1) is 6.42 Å². The van der Waals surface area contributed by atoms with E-state index < -0.39 is 11.6 Å². The molecule has 0 saturated carbocycles. The minimum Gasteiger partial charge on any atom is -0.478 e. The number of carbonyl (C=O) groups is 2. The molecule has 7 nitrogen and oxygen atoms in total. The van der Waals surface area contributed by atoms with Crippen LogP contribution in [0.15, 0.2) is 89.8 Å². The number of fused-ring (bicyclic) bond motifs is 1. The molecule has 3 N–H and O–H groups in total. The van der Waals surface area contributed by atoms with Crippen LogP contribution in [0, 0.1) is 40.7 Å². The molecule has 0 saturated heterocycles. The first-order valence-corrected chi connectivity index (χ1v) is 15.7. The molecule has 0 radical (unpaired) electrons. The van der Waals surface area contributed by atoms with Crippen molar-refractivity contribution in [3.8, 4) is 18.1 Å². The molecule has 246 valence electrons. The lowest BCUT2D eigenvalue weighted by atomic mass is 9.90. The Bertz CT molecular complexity index is 1860. The third-order valence-corrected chi connectivity index (χ3v) is 8.13. The number of benzene rings is 2. The topological polar surface area (TPSA) is 115 Å². The van der Waals surface area contributed by atoms with Crippen molar-refractivity contribution in [1.82, 2.24) is 0 Å². The van der Waals surface area contributed by atoms with Gasteiger partial charge in [0.25, 0.3) is 0 Å². The van der Waals surface area contributed by atoms with E-state index in [1.807, 2.05) is 44.2 Å². The number of ether oxygens (including phenoxy) is 1. The second-order valence-electron chi connectivity index (χ2n) is 11.6. The summed E-state index contributed by atoms with van der Waals surface area (Å²) in [6.45, 7) is 7.04. The Morgan fingerprint density at radius 1 is 1.12 bits per heavy atom. The number of hydrogen-bond donors (Lipinski definition) is 3. The first-order chi connectivity index (χ1) is 23.1. The molecule has 0 unspecified atom stereocenters. The van der Waals surface area contributed by atoms with E-state index in [4.69, 9.17) is 22.0 Å². The molecule has 1 heterocycles. The molecule has 2 aromatic carbocycles. The van der Waals surface area contributed by atoms with E-state index in [1.165, 1.54) is 24.4 Å². The minimum absolute atomic E-state index is 0.0550. The largest absolute Gasteiger partial charge is 0.478 e. The Kier molecular flexibility index (Phi) is 12.1. The van der Waals surface area contributed by atoms with Crippen LogP contribution in [0.2, 0.25) is 0 Å². The van der Waals surface area contributed by atoms with Crippen LogP contribution in [0.25, 0.3) is 5.57 Å². The number of aryl methyl sites for hydroxylation is 1. The predicted octanol–water partition coefficient (Wildman–Crippen LogP) is 8.39. The highest BCUT2D eigenvalue weighted by Gasteiger charge is 2.24. The predicted molar refractivity (Wildman–Crippen MR) is 188 cm³/mol. The summed E-state index contributed by atoms with van der Waals surface area (Å²) >= 11 is 0. The second kappa shape index (κ2) is 16.4. The Morgan fingerprint density at radius 2 is 1.90 bits per heavy atom. The van der Waals surface area contributed by atoms with Gasteiger partial charge in [-0.1, -0.05) is 44.6 Å². The summed E-state index contributed by atoms with van der Waals surface area (Å²) in [6.07, 6.45) is 17.1. The van der Waals surface area contributed by atoms with Crippen molar-refractivity contribution in [1.29, 1.82) is 10.8 Å². The van der Waals surface area contributed by atoms with Gasteiger partial charge in [-0.2, -0.15) is 4.39 Å². The van der Waals surface area contributed by atoms with E-state index in [9.17, 15) is 14.0 Å². The zero-order chi connectivity index (χ0) is 34.8. The lowest BCUT2D eigenvalue weighted by Crippen LogP contribution is -2.19. The van der Waals surface area contributed by atoms with Crippen LogP contribution < -0.4 is 10.1 Å². The number of allylic oxidation sites excluding steroid dienone is 7. The molecule has 1 aliphatic heterocycles. The molecule has 1 aliphatic carbocycles. The molecule has 1 atom stereocenters. The molecular weight excluding hydrogens is 610 g/mol. The molecule has 4 rings (SSSR count). The summed E-state index contributed by atoms with van der Waals surface area (Å²) in [6, 6.07) is 8.26. The summed E-state index contributed by atoms with van der Waals surface area (Å²) in [5.74, 6) is -0.740. The number of carbonyl (C=O) groups excluding carboxylic acids is 2. The maximum atomic E-state index is 15.0. The van der Waals surface area contributed by atoms with Gasteiger partial charge in [0.1, 0.15) is 6.61 Å². The Balaban J connectivity index is 1.47. The van der Waals surface area contributed by atoms with E-state index in [0.717, 1.165) is 16.8 Å². The van der Waals surface area contributed by atoms with Crippen LogP contribution >= 0.6 is 0 Å². The first kappa shape index (κ1) is 35.4. The molecule has 0 bridgehead atoms. The molecule has 48 heavy (non-hydrogen) atoms. The highest BCUT2D eigenvalue weighted by atomic mass is 19.2. The van der Waals surface area contributed by atoms with Crippen LogP contribution in [-0.2, 0) is 11.2 Å². The lowest BCUT2D eigenvalue weighted by Gasteiger charge is -2.21. The fourth-order valence-electron chi connectivity index (χ4n) is 5.42. The van der Waals surface area contributed by atoms with Gasteiger partial charge in [-0.3, -0.25) is 14.6 Å². The third-order valence-electron chi connectivity index (χ3n) is 8.13. The lowest BCUT2D eigenvalue weighted by molar-refractivity contribution is -0.114. The van der Waals surface area contributed by atoms with Crippen molar-refractivity contribution in [3.05, 3.63) is 113 Å². The zero-order valence-electron chi connectivity index (χ0n) is 27.1. The maximum absolute atomic E-state index is 15.0. The van der Waals surface area contributed by atoms with Crippen molar-refractivity contribution in [2.24, 2.45) is 10.9 Å². The quantitative estimate of drug-likeness (QED) is 0.0734. The van der Waals surface area contributed by atoms with Gasteiger partial charge in [0.05, 0.1) is 11.4 Å². The SMILES string of the molecule is C#CCOc1ccc(C2=CN=C3C(=CC=CC=C3Nc3ccc(C(=O)CC(=N)[C@@H](C)CC(=N)CCC(=O)C=C)c(CC)c3)C2)c(F)c1F. The van der Waals surface area contributed by atoms with Gasteiger partial charge >= 0.3 is 0 Å². The standard InChI is InChI=1S/C39H38F2N4O3/c1-5-18-48-36-17-16-32(37(40)38(36)41)27-20-26-10-8-9-11-34(39(26)44-23-27)45-29-13-15-31(25(6-2)21-29)35(47)22-33(43)24(4)19-28(42)12-14-30(46)7-3/h1,7-11,13,15-17,21,23-24,42-43,45H,3,6,12,14,18-20,22H2,2,4H3/t24-/m0/s1. The number of nitrogens with one attached hydrogen (secondary N) is 3. The van der Waals surface area contributed by atoms with Gasteiger partial charge in [-0.25, -0.2) is 4.39 Å². The second-order valence-corrected chi connectivity index (χ2v) is 11.6. The zero-order valence-corrected chi connectivity index (χ0v) is 27.1. The number of ketones is 2. The van der Waals surface area contributed by atoms with Crippen LogP contribution in [-0.4, -0.2) is 35.3 Å². The Morgan fingerprint density at radius 3 is 2.62 bits per heavy atom. The van der Waals surface area contributed by atoms with E-state index in [2.05, 4.69) is 22.8 Å². The molecular formula is C39H38F2N4O3. The summed E-state index contributed by atoms with van der Waals surface area (Å²) in [4.78, 5) is 29.4. The van der Waals surface area contributed by atoms with Crippen molar-refractivity contribution in [2.45, 2.75) is 52.4 Å². The minimum atomic E-state index is -1.11. The van der Waals surface area contributed by atoms with Crippen LogP contribution in [0.5, 0.6) is 5.75 Å². The summed E-state index contributed by atoms with van der Waals surface area (Å²) in [5, 5.41) is 20.0. The average Bonchev–Trinajstić information content (AvgIpc) is 3.28. The van der Waals surface area contributed by atoms with Gasteiger partial charge < -0.3 is 20.9 Å². The molecule has 2 aromatic rings. The summed E-state index contributed by atoms with van der Waals surface area (Å²) < 4.78 is 34.8. The summed E-state index contributed by atoms with van der Waals surface area (Å²) in [7, 11) is 0. The Labute approximate surface area is 279 Å². The maximum Gasteiger partial charge on any atom is 0.201 e. The number of Topliss-reactive ketones (excluding diaryl/α,β-unsaturated/α-hetero) is 1. The molecule has 0 amide bonds. The van der Waals surface area contributed by atoms with E-state index in [1.54, 1.807) is 12.1 Å². The van der Waals surface area contributed by atoms with Crippen LogP contribution in [0.4, 0.5) is 14.5 Å². The van der Waals surface area contributed by atoms with Crippen LogP contribution in [0.1, 0.15) is 67.4 Å². The van der Waals surface area contributed by atoms with Crippen molar-refractivity contribution < 1.29 is 23.1 Å². The highest BCUT2D eigenvalue weighted by Crippen LogP contribution is 2.35. The number of nitrogens with zero attached hydrogens (tertiary/aromatic N) is 1. The number of terminal acetylenes is 1. The van der Waals surface area contributed by atoms with Crippen molar-refractivity contribution >= 4 is 40.0 Å². The number of halogens is 2. The van der Waals surface area contributed by atoms with Crippen molar-refractivity contribution in [2.75, 3.05) is 11.9 Å². The number of hydrogen-bond acceptors (Lipinski definition) is 7. The monoisotopic (exact) mass is 648 g/mol. The first-order valence-electron chi connectivity index (χ1n) is 15.7. The normalized spacial score (nSPS) is 14.1. The highest BCUT2D eigenvalue weighted by molar-refractivity contribution is 6.17. The molecule has 9 heteroatoms. The number of anilines is 1. The molecule has 0 aromatic heterocycles. The van der Waals surface area contributed by atoms with E-state index >= 15 is 4.39 Å².